The summed E-state index contributed by atoms with van der Waals surface area (Å²) in [5, 5.41) is 22.0. The maximum Gasteiger partial charge on any atom is 0.272 e. The predicted octanol–water partition coefficient (Wildman–Crippen LogP) is 1.65. The average Bonchev–Trinajstić information content (AvgIpc) is 3.00. The number of aromatic nitrogens is 5. The molecule has 8 nitrogen and oxygen atoms in total. The predicted molar refractivity (Wildman–Crippen MR) is 67.8 cm³/mol. The van der Waals surface area contributed by atoms with E-state index in [0.717, 1.165) is 5.56 Å². The molecule has 1 N–H and O–H groups in total. The van der Waals surface area contributed by atoms with Gasteiger partial charge in [-0.3, -0.25) is 15.2 Å². The average molecular weight is 276 g/mol. The third kappa shape index (κ3) is 2.27. The third-order valence-corrected chi connectivity index (χ3v) is 3.50. The van der Waals surface area contributed by atoms with Crippen LogP contribution in [0.5, 0.6) is 0 Å². The molecule has 0 spiro atoms. The minimum absolute atomic E-state index is 0.0900. The zero-order valence-corrected chi connectivity index (χ0v) is 10.4. The van der Waals surface area contributed by atoms with E-state index in [9.17, 15) is 10.1 Å². The molecule has 0 saturated heterocycles. The van der Waals surface area contributed by atoms with E-state index >= 15 is 0 Å². The second-order valence-electron chi connectivity index (χ2n) is 3.72. The zero-order chi connectivity index (χ0) is 13.2. The van der Waals surface area contributed by atoms with Gasteiger partial charge in [0.15, 0.2) is 0 Å². The fourth-order valence-corrected chi connectivity index (χ4v) is 2.41. The summed E-state index contributed by atoms with van der Waals surface area (Å²) in [6, 6.07) is 6.45. The number of hydrogen-bond donors (Lipinski definition) is 1. The minimum atomic E-state index is -0.413. The number of nitro benzene ring substituents is 1. The number of non-ortho nitro benzene ring substituents is 1. The van der Waals surface area contributed by atoms with Crippen molar-refractivity contribution in [2.24, 2.45) is 0 Å². The lowest BCUT2D eigenvalue weighted by molar-refractivity contribution is -0.384. The molecule has 0 aliphatic carbocycles. The van der Waals surface area contributed by atoms with Crippen LogP contribution in [0.4, 0.5) is 5.69 Å². The molecule has 2 aromatic heterocycles. The molecule has 0 bridgehead atoms. The highest BCUT2D eigenvalue weighted by atomic mass is 32.2. The molecule has 0 atom stereocenters. The maximum atomic E-state index is 10.5. The first-order valence-electron chi connectivity index (χ1n) is 5.34. The van der Waals surface area contributed by atoms with E-state index < -0.39 is 4.92 Å². The molecule has 3 aromatic rings. The lowest BCUT2D eigenvalue weighted by Crippen LogP contribution is -1.90. The van der Waals surface area contributed by atoms with Crippen molar-refractivity contribution in [3.05, 3.63) is 46.3 Å². The Morgan fingerprint density at radius 1 is 1.32 bits per heavy atom. The number of nitrogens with zero attached hydrogens (tertiary/aromatic N) is 5. The van der Waals surface area contributed by atoms with Gasteiger partial charge in [-0.2, -0.15) is 9.50 Å². The quantitative estimate of drug-likeness (QED) is 0.441. The van der Waals surface area contributed by atoms with Gasteiger partial charge in [-0.05, 0) is 5.56 Å². The Hall–Kier alpha value is -2.42. The summed E-state index contributed by atoms with van der Waals surface area (Å²) in [5.41, 5.74) is 1.07. The number of nitrogens with one attached hydrogen (secondary N) is 1. The van der Waals surface area contributed by atoms with Gasteiger partial charge in [-0.15, -0.1) is 10.2 Å². The highest BCUT2D eigenvalue weighted by molar-refractivity contribution is 7.98. The van der Waals surface area contributed by atoms with Crippen molar-refractivity contribution in [2.75, 3.05) is 0 Å². The molecule has 0 aliphatic heterocycles. The largest absolute Gasteiger partial charge is 0.278 e. The van der Waals surface area contributed by atoms with E-state index in [1.54, 1.807) is 23.0 Å². The Morgan fingerprint density at radius 2 is 2.11 bits per heavy atom. The first-order valence-corrected chi connectivity index (χ1v) is 6.33. The summed E-state index contributed by atoms with van der Waals surface area (Å²) in [6.45, 7) is 0. The lowest BCUT2D eigenvalue weighted by atomic mass is 10.2. The summed E-state index contributed by atoms with van der Waals surface area (Å²) in [6.07, 6.45) is 1.54. The second-order valence-corrected chi connectivity index (χ2v) is 4.66. The number of thioether (sulfide) groups is 1. The van der Waals surface area contributed by atoms with E-state index in [2.05, 4.69) is 20.3 Å². The van der Waals surface area contributed by atoms with Crippen LogP contribution >= 0.6 is 11.8 Å². The number of H-pyrrole nitrogens is 1. The molecule has 9 heteroatoms. The Bertz CT molecular complexity index is 719. The normalized spacial score (nSPS) is 10.9. The molecule has 96 valence electrons. The SMILES string of the molecule is O=[N+]([O-])c1ccc(CSc2nnc3nc[nH]n23)cc1. The summed E-state index contributed by atoms with van der Waals surface area (Å²) in [4.78, 5) is 14.1. The topological polar surface area (TPSA) is 102 Å². The van der Waals surface area contributed by atoms with Crippen LogP contribution in [-0.4, -0.2) is 29.7 Å². The van der Waals surface area contributed by atoms with Crippen LogP contribution in [0.25, 0.3) is 5.78 Å². The van der Waals surface area contributed by atoms with Crippen molar-refractivity contribution < 1.29 is 4.92 Å². The van der Waals surface area contributed by atoms with Gasteiger partial charge in [0, 0.05) is 17.9 Å². The van der Waals surface area contributed by atoms with E-state index in [1.165, 1.54) is 23.9 Å². The molecule has 1 aromatic carbocycles. The fourth-order valence-electron chi connectivity index (χ4n) is 1.56. The molecule has 3 rings (SSSR count). The monoisotopic (exact) mass is 276 g/mol. The molecule has 2 heterocycles. The van der Waals surface area contributed by atoms with Crippen molar-refractivity contribution in [1.29, 1.82) is 0 Å². The minimum Gasteiger partial charge on any atom is -0.278 e. The van der Waals surface area contributed by atoms with Crippen molar-refractivity contribution >= 4 is 23.2 Å². The standard InChI is InChI=1S/C10H8N6O2S/c17-16(18)8-3-1-7(2-4-8)5-19-10-14-13-9-11-6-12-15(9)10/h1-4,6H,5H2,(H,11,12,13). The summed E-state index contributed by atoms with van der Waals surface area (Å²) in [5.74, 6) is 1.17. The molecular formula is C10H8N6O2S. The van der Waals surface area contributed by atoms with Gasteiger partial charge in [0.1, 0.15) is 6.33 Å². The summed E-state index contributed by atoms with van der Waals surface area (Å²) >= 11 is 1.48. The number of fused-ring (bicyclic) bond motifs is 1. The van der Waals surface area contributed by atoms with E-state index in [1.807, 2.05) is 0 Å². The third-order valence-electron chi connectivity index (χ3n) is 2.50. The van der Waals surface area contributed by atoms with E-state index in [-0.39, 0.29) is 5.69 Å². The Labute approximate surface area is 111 Å². The van der Waals surface area contributed by atoms with Gasteiger partial charge in [0.25, 0.3) is 11.5 Å². The number of nitro groups is 1. The van der Waals surface area contributed by atoms with Crippen LogP contribution in [-0.2, 0) is 5.75 Å². The van der Waals surface area contributed by atoms with Crippen LogP contribution in [0.3, 0.4) is 0 Å². The van der Waals surface area contributed by atoms with Crippen LogP contribution in [0, 0.1) is 10.1 Å². The molecular weight excluding hydrogens is 268 g/mol. The van der Waals surface area contributed by atoms with Crippen molar-refractivity contribution in [2.45, 2.75) is 10.9 Å². The van der Waals surface area contributed by atoms with Crippen molar-refractivity contribution in [1.82, 2.24) is 24.8 Å². The van der Waals surface area contributed by atoms with Gasteiger partial charge in [0.2, 0.25) is 5.16 Å². The molecule has 0 unspecified atom stereocenters. The summed E-state index contributed by atoms with van der Waals surface area (Å²) in [7, 11) is 0. The van der Waals surface area contributed by atoms with E-state index in [4.69, 9.17) is 0 Å². The van der Waals surface area contributed by atoms with Crippen LogP contribution < -0.4 is 0 Å². The van der Waals surface area contributed by atoms with Crippen molar-refractivity contribution in [3.8, 4) is 0 Å². The first kappa shape index (κ1) is 11.7. The first-order chi connectivity index (χ1) is 9.24. The Morgan fingerprint density at radius 3 is 2.84 bits per heavy atom. The van der Waals surface area contributed by atoms with Crippen LogP contribution in [0.15, 0.2) is 35.7 Å². The number of rotatable bonds is 4. The molecule has 0 fully saturated rings. The highest BCUT2D eigenvalue weighted by Crippen LogP contribution is 2.22. The van der Waals surface area contributed by atoms with Crippen LogP contribution in [0.1, 0.15) is 5.56 Å². The van der Waals surface area contributed by atoms with Gasteiger partial charge >= 0.3 is 0 Å². The fraction of sp³-hybridized carbons (Fsp3) is 0.100. The molecule has 0 saturated carbocycles. The van der Waals surface area contributed by atoms with Crippen LogP contribution in [0.2, 0.25) is 0 Å². The lowest BCUT2D eigenvalue weighted by Gasteiger charge is -1.99. The smallest absolute Gasteiger partial charge is 0.272 e. The maximum absolute atomic E-state index is 10.5. The Kier molecular flexibility index (Phi) is 2.88. The van der Waals surface area contributed by atoms with Gasteiger partial charge in [-0.1, -0.05) is 23.9 Å². The van der Waals surface area contributed by atoms with Gasteiger partial charge in [-0.25, -0.2) is 0 Å². The molecule has 0 aliphatic rings. The number of benzene rings is 1. The zero-order valence-electron chi connectivity index (χ0n) is 9.55. The van der Waals surface area contributed by atoms with E-state index in [0.29, 0.717) is 16.7 Å². The Balaban J connectivity index is 1.72. The highest BCUT2D eigenvalue weighted by Gasteiger charge is 2.09. The molecule has 0 amide bonds. The number of hydrogen-bond acceptors (Lipinski definition) is 6. The van der Waals surface area contributed by atoms with Gasteiger partial charge < -0.3 is 0 Å². The van der Waals surface area contributed by atoms with Crippen molar-refractivity contribution in [3.63, 3.8) is 0 Å². The van der Waals surface area contributed by atoms with Gasteiger partial charge in [0.05, 0.1) is 4.92 Å². The second kappa shape index (κ2) is 4.69. The molecule has 0 radical (unpaired) electrons. The summed E-state index contributed by atoms with van der Waals surface area (Å²) < 4.78 is 1.68. The number of aromatic amines is 1. The molecule has 19 heavy (non-hydrogen) atoms.